The average molecular weight is 297 g/mol. The highest BCUT2D eigenvalue weighted by Crippen LogP contribution is 2.30. The molecule has 4 heteroatoms. The molecule has 0 saturated carbocycles. The van der Waals surface area contributed by atoms with Crippen molar-refractivity contribution in [1.29, 1.82) is 0 Å². The van der Waals surface area contributed by atoms with Crippen molar-refractivity contribution < 1.29 is 8.78 Å². The lowest BCUT2D eigenvalue weighted by atomic mass is 10.0. The van der Waals surface area contributed by atoms with Crippen LogP contribution in [0.3, 0.4) is 0 Å². The van der Waals surface area contributed by atoms with Gasteiger partial charge in [0, 0.05) is 9.77 Å². The monoisotopic (exact) mass is 297 g/mol. The summed E-state index contributed by atoms with van der Waals surface area (Å²) in [5, 5.41) is 0. The maximum absolute atomic E-state index is 12.6. The molecular formula is C9H10F2IN. The van der Waals surface area contributed by atoms with E-state index in [-0.39, 0.29) is 11.5 Å². The highest BCUT2D eigenvalue weighted by atomic mass is 127. The summed E-state index contributed by atoms with van der Waals surface area (Å²) in [4.78, 5) is 3.98. The second kappa shape index (κ2) is 4.30. The van der Waals surface area contributed by atoms with Crippen LogP contribution in [-0.2, 0) is 0 Å². The highest BCUT2D eigenvalue weighted by molar-refractivity contribution is 14.1. The zero-order chi connectivity index (χ0) is 10.0. The van der Waals surface area contributed by atoms with Crippen molar-refractivity contribution in [3.05, 3.63) is 27.1 Å². The van der Waals surface area contributed by atoms with Crippen LogP contribution in [0.25, 0.3) is 0 Å². The van der Waals surface area contributed by atoms with Crippen LogP contribution in [0.4, 0.5) is 8.78 Å². The summed E-state index contributed by atoms with van der Waals surface area (Å²) in [6.07, 6.45) is -0.860. The van der Waals surface area contributed by atoms with E-state index in [9.17, 15) is 8.78 Å². The molecule has 0 aliphatic heterocycles. The summed E-state index contributed by atoms with van der Waals surface area (Å²) in [5.74, 6) is 0.0405. The molecule has 0 atom stereocenters. The van der Waals surface area contributed by atoms with Crippen molar-refractivity contribution in [2.24, 2.45) is 0 Å². The molecule has 0 aliphatic rings. The first-order valence-electron chi connectivity index (χ1n) is 3.96. The van der Waals surface area contributed by atoms with E-state index in [1.807, 2.05) is 36.4 Å². The number of pyridine rings is 1. The lowest BCUT2D eigenvalue weighted by Crippen LogP contribution is -2.02. The number of aromatic nitrogens is 1. The molecule has 13 heavy (non-hydrogen) atoms. The van der Waals surface area contributed by atoms with Crippen molar-refractivity contribution in [1.82, 2.24) is 4.98 Å². The van der Waals surface area contributed by atoms with Gasteiger partial charge in [0.25, 0.3) is 6.43 Å². The van der Waals surface area contributed by atoms with Crippen molar-refractivity contribution in [3.63, 3.8) is 0 Å². The summed E-state index contributed by atoms with van der Waals surface area (Å²) in [5.41, 5.74) is 0.583. The quantitative estimate of drug-likeness (QED) is 0.758. The van der Waals surface area contributed by atoms with E-state index in [1.54, 1.807) is 12.3 Å². The molecule has 0 aliphatic carbocycles. The van der Waals surface area contributed by atoms with Crippen LogP contribution in [0, 0.1) is 3.57 Å². The van der Waals surface area contributed by atoms with Crippen molar-refractivity contribution in [2.75, 3.05) is 0 Å². The maximum Gasteiger partial charge on any atom is 0.266 e. The van der Waals surface area contributed by atoms with Gasteiger partial charge < -0.3 is 0 Å². The lowest BCUT2D eigenvalue weighted by molar-refractivity contribution is 0.148. The number of alkyl halides is 2. The predicted molar refractivity (Wildman–Crippen MR) is 56.0 cm³/mol. The van der Waals surface area contributed by atoms with Crippen LogP contribution >= 0.6 is 22.6 Å². The van der Waals surface area contributed by atoms with Gasteiger partial charge in [-0.05, 0) is 34.6 Å². The van der Waals surface area contributed by atoms with Gasteiger partial charge in [0.2, 0.25) is 0 Å². The first kappa shape index (κ1) is 10.8. The molecule has 0 radical (unpaired) electrons. The molecule has 1 heterocycles. The summed E-state index contributed by atoms with van der Waals surface area (Å²) in [7, 11) is 0. The Bertz CT molecular complexity index is 300. The third kappa shape index (κ3) is 2.36. The summed E-state index contributed by atoms with van der Waals surface area (Å²) in [6, 6.07) is 1.61. The molecule has 0 aromatic carbocycles. The smallest absolute Gasteiger partial charge is 0.260 e. The van der Waals surface area contributed by atoms with E-state index in [1.165, 1.54) is 0 Å². The minimum atomic E-state index is -2.43. The zero-order valence-electron chi connectivity index (χ0n) is 7.39. The molecule has 0 N–H and O–H groups in total. The molecule has 72 valence electrons. The molecule has 1 nitrogen and oxygen atoms in total. The van der Waals surface area contributed by atoms with Gasteiger partial charge in [0.05, 0.1) is 11.3 Å². The van der Waals surface area contributed by atoms with Crippen LogP contribution in [0.5, 0.6) is 0 Å². The van der Waals surface area contributed by atoms with Gasteiger partial charge in [-0.3, -0.25) is 4.98 Å². The SMILES string of the molecule is CC(C)c1nccc(I)c1C(F)F. The van der Waals surface area contributed by atoms with Crippen molar-refractivity contribution in [2.45, 2.75) is 26.2 Å². The highest BCUT2D eigenvalue weighted by Gasteiger charge is 2.19. The fourth-order valence-corrected chi connectivity index (χ4v) is 1.81. The van der Waals surface area contributed by atoms with Gasteiger partial charge in [-0.2, -0.15) is 0 Å². The fourth-order valence-electron chi connectivity index (χ4n) is 1.14. The van der Waals surface area contributed by atoms with E-state index >= 15 is 0 Å². The molecule has 0 spiro atoms. The molecule has 0 amide bonds. The van der Waals surface area contributed by atoms with Crippen LogP contribution < -0.4 is 0 Å². The number of halogens is 3. The second-order valence-electron chi connectivity index (χ2n) is 3.05. The van der Waals surface area contributed by atoms with E-state index in [0.717, 1.165) is 0 Å². The van der Waals surface area contributed by atoms with Gasteiger partial charge in [0.1, 0.15) is 0 Å². The lowest BCUT2D eigenvalue weighted by Gasteiger charge is -2.11. The normalized spacial score (nSPS) is 11.3. The predicted octanol–water partition coefficient (Wildman–Crippen LogP) is 3.75. The van der Waals surface area contributed by atoms with Crippen molar-refractivity contribution >= 4 is 22.6 Å². The molecule has 0 saturated heterocycles. The zero-order valence-corrected chi connectivity index (χ0v) is 9.55. The van der Waals surface area contributed by atoms with Gasteiger partial charge in [-0.1, -0.05) is 13.8 Å². The summed E-state index contributed by atoms with van der Waals surface area (Å²) in [6.45, 7) is 3.73. The maximum atomic E-state index is 12.6. The number of hydrogen-bond donors (Lipinski definition) is 0. The Morgan fingerprint density at radius 2 is 2.00 bits per heavy atom. The molecule has 1 rings (SSSR count). The average Bonchev–Trinajstić information content (AvgIpc) is 2.02. The Kier molecular flexibility index (Phi) is 3.58. The Hall–Kier alpha value is -0.260. The largest absolute Gasteiger partial charge is 0.266 e. The van der Waals surface area contributed by atoms with E-state index in [2.05, 4.69) is 4.98 Å². The first-order chi connectivity index (χ1) is 6.04. The molecule has 1 aromatic heterocycles. The molecular weight excluding hydrogens is 287 g/mol. The van der Waals surface area contributed by atoms with E-state index < -0.39 is 6.43 Å². The van der Waals surface area contributed by atoms with E-state index in [4.69, 9.17) is 0 Å². The van der Waals surface area contributed by atoms with Crippen LogP contribution in [0.1, 0.15) is 37.4 Å². The first-order valence-corrected chi connectivity index (χ1v) is 5.04. The Balaban J connectivity index is 3.26. The Morgan fingerprint density at radius 1 is 1.38 bits per heavy atom. The summed E-state index contributed by atoms with van der Waals surface area (Å²) < 4.78 is 25.8. The van der Waals surface area contributed by atoms with Gasteiger partial charge in [-0.25, -0.2) is 8.78 Å². The number of hydrogen-bond acceptors (Lipinski definition) is 1. The van der Waals surface area contributed by atoms with Crippen LogP contribution in [0.2, 0.25) is 0 Å². The Morgan fingerprint density at radius 3 is 2.38 bits per heavy atom. The van der Waals surface area contributed by atoms with Crippen LogP contribution in [-0.4, -0.2) is 4.98 Å². The van der Waals surface area contributed by atoms with Gasteiger partial charge in [0.15, 0.2) is 0 Å². The minimum absolute atomic E-state index is 0.0405. The fraction of sp³-hybridized carbons (Fsp3) is 0.444. The Labute approximate surface area is 89.7 Å². The molecule has 0 bridgehead atoms. The van der Waals surface area contributed by atoms with Gasteiger partial charge in [-0.15, -0.1) is 0 Å². The van der Waals surface area contributed by atoms with Gasteiger partial charge >= 0.3 is 0 Å². The third-order valence-corrected chi connectivity index (χ3v) is 2.67. The molecule has 0 fully saturated rings. The minimum Gasteiger partial charge on any atom is -0.260 e. The topological polar surface area (TPSA) is 12.9 Å². The van der Waals surface area contributed by atoms with E-state index in [0.29, 0.717) is 9.26 Å². The van der Waals surface area contributed by atoms with Crippen molar-refractivity contribution in [3.8, 4) is 0 Å². The molecule has 1 aromatic rings. The molecule has 0 unspecified atom stereocenters. The number of rotatable bonds is 2. The standard InChI is InChI=1S/C9H10F2IN/c1-5(2)8-7(9(10)11)6(12)3-4-13-8/h3-5,9H,1-2H3. The number of nitrogens with zero attached hydrogens (tertiary/aromatic N) is 1. The summed E-state index contributed by atoms with van der Waals surface area (Å²) >= 11 is 1.91. The third-order valence-electron chi connectivity index (χ3n) is 1.73. The second-order valence-corrected chi connectivity index (χ2v) is 4.21. The van der Waals surface area contributed by atoms with Crippen LogP contribution in [0.15, 0.2) is 12.3 Å².